The monoisotopic (exact) mass is 302 g/mol. The van der Waals surface area contributed by atoms with Gasteiger partial charge in [0.05, 0.1) is 11.1 Å². The van der Waals surface area contributed by atoms with Crippen LogP contribution >= 0.6 is 0 Å². The van der Waals surface area contributed by atoms with E-state index in [4.69, 9.17) is 0 Å². The molecule has 0 unspecified atom stereocenters. The minimum atomic E-state index is -0.708. The zero-order chi connectivity index (χ0) is 12.8. The Balaban J connectivity index is -0.000000902. The van der Waals surface area contributed by atoms with E-state index in [0.29, 0.717) is 11.1 Å². The summed E-state index contributed by atoms with van der Waals surface area (Å²) in [6.45, 7) is 0. The van der Waals surface area contributed by atoms with Crippen molar-refractivity contribution in [1.82, 2.24) is 0 Å². The minimum Gasteiger partial charge on any atom is -1.00 e. The Hall–Kier alpha value is -1.40. The molecule has 0 aliphatic carbocycles. The molecule has 0 amide bonds. The molecule has 2 N–H and O–H groups in total. The normalized spacial score (nSPS) is 8.60. The van der Waals surface area contributed by atoms with Gasteiger partial charge < -0.3 is 8.33 Å². The number of rotatable bonds is 2. The van der Waals surface area contributed by atoms with E-state index in [1.807, 2.05) is 0 Å². The standard InChI is InChI=1S/C14H10O4.Ca.H2O.2H/c15-13(11-7-3-1-4-8-11)17-18-14(16)12-9-5-2-6-10-12;;;;/h1-10H;;1H2;;/q;+2;;2*-1. The molecule has 0 saturated carbocycles. The third kappa shape index (κ3) is 5.30. The van der Waals surface area contributed by atoms with Crippen LogP contribution in [0.15, 0.2) is 60.7 Å². The second kappa shape index (κ2) is 9.50. The van der Waals surface area contributed by atoms with Crippen LogP contribution in [0.25, 0.3) is 0 Å². The van der Waals surface area contributed by atoms with Gasteiger partial charge in [-0.05, 0) is 24.3 Å². The maximum absolute atomic E-state index is 11.5. The first-order valence-electron chi connectivity index (χ1n) is 5.30. The third-order valence-corrected chi connectivity index (χ3v) is 2.21. The minimum absolute atomic E-state index is 0. The average Bonchev–Trinajstić information content (AvgIpc) is 2.46. The summed E-state index contributed by atoms with van der Waals surface area (Å²) < 4.78 is 0. The molecule has 0 saturated heterocycles. The van der Waals surface area contributed by atoms with E-state index in [9.17, 15) is 9.59 Å². The largest absolute Gasteiger partial charge is 2.00 e. The van der Waals surface area contributed by atoms with Crippen LogP contribution in [0.5, 0.6) is 0 Å². The van der Waals surface area contributed by atoms with Gasteiger partial charge in [-0.2, -0.15) is 0 Å². The molecule has 0 fully saturated rings. The van der Waals surface area contributed by atoms with Crippen LogP contribution in [0.2, 0.25) is 0 Å². The van der Waals surface area contributed by atoms with Crippen molar-refractivity contribution in [3.05, 3.63) is 71.8 Å². The smallest absolute Gasteiger partial charge is 1.00 e. The molecule has 6 heteroatoms. The molecular weight excluding hydrogens is 288 g/mol. The number of hydrogen-bond donors (Lipinski definition) is 0. The van der Waals surface area contributed by atoms with Gasteiger partial charge in [-0.1, -0.05) is 36.4 Å². The molecule has 20 heavy (non-hydrogen) atoms. The van der Waals surface area contributed by atoms with E-state index in [0.717, 1.165) is 0 Å². The SMILES string of the molecule is O.O=C(OOC(=O)c1ccccc1)c1ccccc1.[Ca+2].[H-].[H-]. The first-order valence-corrected chi connectivity index (χ1v) is 5.30. The van der Waals surface area contributed by atoms with Crippen LogP contribution in [-0.2, 0) is 9.78 Å². The predicted octanol–water partition coefficient (Wildman–Crippen LogP) is 1.63. The quantitative estimate of drug-likeness (QED) is 0.479. The van der Waals surface area contributed by atoms with Crippen molar-refractivity contribution in [3.63, 3.8) is 0 Å². The summed E-state index contributed by atoms with van der Waals surface area (Å²) in [7, 11) is 0. The molecule has 0 aromatic heterocycles. The fourth-order valence-electron chi connectivity index (χ4n) is 1.32. The zero-order valence-corrected chi connectivity index (χ0v) is 12.8. The number of carbonyl (C=O) groups excluding carboxylic acids is 2. The van der Waals surface area contributed by atoms with Crippen molar-refractivity contribution < 1.29 is 27.7 Å². The molecule has 0 bridgehead atoms. The Kier molecular flexibility index (Phi) is 8.83. The van der Waals surface area contributed by atoms with Gasteiger partial charge >= 0.3 is 49.7 Å². The topological polar surface area (TPSA) is 84.1 Å². The zero-order valence-electron chi connectivity index (χ0n) is 12.6. The molecule has 0 atom stereocenters. The van der Waals surface area contributed by atoms with Crippen molar-refractivity contribution >= 4 is 49.7 Å². The van der Waals surface area contributed by atoms with E-state index < -0.39 is 11.9 Å². The van der Waals surface area contributed by atoms with Crippen LogP contribution in [0, 0.1) is 0 Å². The predicted molar refractivity (Wildman–Crippen MR) is 75.3 cm³/mol. The van der Waals surface area contributed by atoms with Gasteiger partial charge in [-0.3, -0.25) is 0 Å². The summed E-state index contributed by atoms with van der Waals surface area (Å²) in [5.41, 5.74) is 0.636. The summed E-state index contributed by atoms with van der Waals surface area (Å²) in [5, 5.41) is 0. The van der Waals surface area contributed by atoms with E-state index >= 15 is 0 Å². The molecule has 0 spiro atoms. The van der Waals surface area contributed by atoms with Crippen LogP contribution in [0.3, 0.4) is 0 Å². The molecule has 5 nitrogen and oxygen atoms in total. The van der Waals surface area contributed by atoms with Crippen LogP contribution in [0.1, 0.15) is 23.6 Å². The van der Waals surface area contributed by atoms with E-state index in [2.05, 4.69) is 9.78 Å². The second-order valence-electron chi connectivity index (χ2n) is 3.47. The molecule has 102 valence electrons. The van der Waals surface area contributed by atoms with E-state index in [-0.39, 0.29) is 46.1 Å². The number of hydrogen-bond acceptors (Lipinski definition) is 4. The molecule has 2 aromatic carbocycles. The molecular formula is C14H14CaO5. The summed E-state index contributed by atoms with van der Waals surface area (Å²) in [6.07, 6.45) is 0. The summed E-state index contributed by atoms with van der Waals surface area (Å²) in [5.74, 6) is -1.42. The molecule has 0 aliphatic heterocycles. The van der Waals surface area contributed by atoms with Gasteiger partial charge in [0.25, 0.3) is 0 Å². The Morgan fingerprint density at radius 3 is 1.30 bits per heavy atom. The van der Waals surface area contributed by atoms with Gasteiger partial charge in [-0.25, -0.2) is 19.4 Å². The van der Waals surface area contributed by atoms with Crippen molar-refractivity contribution in [2.24, 2.45) is 0 Å². The number of benzene rings is 2. The van der Waals surface area contributed by atoms with E-state index in [1.165, 1.54) is 0 Å². The number of carbonyl (C=O) groups is 2. The summed E-state index contributed by atoms with van der Waals surface area (Å²) in [6, 6.07) is 16.6. The maximum atomic E-state index is 11.5. The van der Waals surface area contributed by atoms with Crippen LogP contribution in [-0.4, -0.2) is 55.2 Å². The molecule has 2 aromatic rings. The van der Waals surface area contributed by atoms with Gasteiger partial charge in [0.1, 0.15) is 0 Å². The van der Waals surface area contributed by atoms with Gasteiger partial charge in [0, 0.05) is 0 Å². The second-order valence-corrected chi connectivity index (χ2v) is 3.47. The van der Waals surface area contributed by atoms with Gasteiger partial charge in [0.2, 0.25) is 0 Å². The average molecular weight is 302 g/mol. The Morgan fingerprint density at radius 2 is 1.00 bits per heavy atom. The van der Waals surface area contributed by atoms with Crippen molar-refractivity contribution in [2.75, 3.05) is 0 Å². The van der Waals surface area contributed by atoms with Gasteiger partial charge in [0.15, 0.2) is 0 Å². The molecule has 2 rings (SSSR count). The molecule has 0 heterocycles. The Bertz CT molecular complexity index is 500. The molecule has 0 aliphatic rings. The first kappa shape index (κ1) is 18.6. The Labute approximate surface area is 148 Å². The van der Waals surface area contributed by atoms with Crippen LogP contribution < -0.4 is 0 Å². The molecule has 0 radical (unpaired) electrons. The van der Waals surface area contributed by atoms with Crippen molar-refractivity contribution in [3.8, 4) is 0 Å². The summed E-state index contributed by atoms with van der Waals surface area (Å²) >= 11 is 0. The fourth-order valence-corrected chi connectivity index (χ4v) is 1.32. The third-order valence-electron chi connectivity index (χ3n) is 2.21. The Morgan fingerprint density at radius 1 is 0.700 bits per heavy atom. The summed E-state index contributed by atoms with van der Waals surface area (Å²) in [4.78, 5) is 31.9. The van der Waals surface area contributed by atoms with Gasteiger partial charge in [-0.15, -0.1) is 0 Å². The van der Waals surface area contributed by atoms with E-state index in [1.54, 1.807) is 60.7 Å². The maximum Gasteiger partial charge on any atom is 2.00 e. The fraction of sp³-hybridized carbons (Fsp3) is 0. The van der Waals surface area contributed by atoms with Crippen molar-refractivity contribution in [1.29, 1.82) is 0 Å². The van der Waals surface area contributed by atoms with Crippen molar-refractivity contribution in [2.45, 2.75) is 0 Å². The van der Waals surface area contributed by atoms with Crippen LogP contribution in [0.4, 0.5) is 0 Å². The first-order chi connectivity index (χ1) is 8.77.